The van der Waals surface area contributed by atoms with Gasteiger partial charge in [-0.25, -0.2) is 4.98 Å². The Labute approximate surface area is 157 Å². The lowest BCUT2D eigenvalue weighted by Gasteiger charge is -2.29. The summed E-state index contributed by atoms with van der Waals surface area (Å²) in [6.07, 6.45) is 3.60. The number of nitrogens with zero attached hydrogens (tertiary/aromatic N) is 3. The summed E-state index contributed by atoms with van der Waals surface area (Å²) in [5.41, 5.74) is 4.21. The largest absolute Gasteiger partial charge is 0.340 e. The second-order valence-electron chi connectivity index (χ2n) is 6.43. The molecular formula is C22H18N4O. The first-order valence-corrected chi connectivity index (χ1v) is 8.87. The molecule has 27 heavy (non-hydrogen) atoms. The first kappa shape index (κ1) is 16.8. The van der Waals surface area contributed by atoms with Crippen LogP contribution in [0.5, 0.6) is 0 Å². The van der Waals surface area contributed by atoms with Crippen LogP contribution in [-0.2, 0) is 6.42 Å². The van der Waals surface area contributed by atoms with Crippen molar-refractivity contribution in [3.63, 3.8) is 0 Å². The topological polar surface area (TPSA) is 69.0 Å². The average Bonchev–Trinajstić information content (AvgIpc) is 2.73. The fourth-order valence-electron chi connectivity index (χ4n) is 3.31. The minimum absolute atomic E-state index is 0.0209. The number of para-hydroxylation sites is 1. The van der Waals surface area contributed by atoms with E-state index in [0.717, 1.165) is 30.8 Å². The van der Waals surface area contributed by atoms with Crippen LogP contribution in [0.25, 0.3) is 0 Å². The molecule has 2 aromatic carbocycles. The maximum atomic E-state index is 13.1. The van der Waals surface area contributed by atoms with Gasteiger partial charge in [-0.1, -0.05) is 18.2 Å². The summed E-state index contributed by atoms with van der Waals surface area (Å²) in [5, 5.41) is 12.1. The quantitative estimate of drug-likeness (QED) is 0.762. The first-order valence-electron chi connectivity index (χ1n) is 8.87. The van der Waals surface area contributed by atoms with Gasteiger partial charge in [0.15, 0.2) is 0 Å². The van der Waals surface area contributed by atoms with Crippen molar-refractivity contribution in [1.82, 2.24) is 4.98 Å². The summed E-state index contributed by atoms with van der Waals surface area (Å²) in [6.45, 7) is 0.719. The van der Waals surface area contributed by atoms with E-state index in [1.165, 1.54) is 5.56 Å². The van der Waals surface area contributed by atoms with E-state index in [1.54, 1.807) is 30.5 Å². The van der Waals surface area contributed by atoms with Crippen molar-refractivity contribution in [3.8, 4) is 6.07 Å². The van der Waals surface area contributed by atoms with Crippen LogP contribution in [0.3, 0.4) is 0 Å². The van der Waals surface area contributed by atoms with Crippen LogP contribution < -0.4 is 10.2 Å². The molecule has 4 rings (SSSR count). The summed E-state index contributed by atoms with van der Waals surface area (Å²) in [5.74, 6) is 0.572. The maximum Gasteiger partial charge on any atom is 0.258 e. The number of anilines is 3. The number of amides is 1. The van der Waals surface area contributed by atoms with Gasteiger partial charge >= 0.3 is 0 Å². The summed E-state index contributed by atoms with van der Waals surface area (Å²) in [6, 6.07) is 20.8. The van der Waals surface area contributed by atoms with E-state index in [0.29, 0.717) is 16.9 Å². The normalized spacial score (nSPS) is 12.8. The van der Waals surface area contributed by atoms with Crippen LogP contribution in [0.15, 0.2) is 66.9 Å². The third-order valence-corrected chi connectivity index (χ3v) is 4.65. The van der Waals surface area contributed by atoms with Crippen molar-refractivity contribution in [1.29, 1.82) is 5.26 Å². The molecule has 0 aliphatic carbocycles. The lowest BCUT2D eigenvalue weighted by molar-refractivity contribution is 0.0985. The van der Waals surface area contributed by atoms with Gasteiger partial charge in [0, 0.05) is 29.7 Å². The molecule has 1 N–H and O–H groups in total. The fourth-order valence-corrected chi connectivity index (χ4v) is 3.31. The van der Waals surface area contributed by atoms with Crippen LogP contribution in [0.4, 0.5) is 17.2 Å². The third kappa shape index (κ3) is 3.51. The van der Waals surface area contributed by atoms with Crippen LogP contribution in [0, 0.1) is 11.3 Å². The van der Waals surface area contributed by atoms with E-state index in [4.69, 9.17) is 5.26 Å². The molecule has 1 aromatic heterocycles. The molecule has 0 saturated heterocycles. The van der Waals surface area contributed by atoms with E-state index in [2.05, 4.69) is 22.4 Å². The van der Waals surface area contributed by atoms with Crippen molar-refractivity contribution in [2.45, 2.75) is 12.8 Å². The Morgan fingerprint density at radius 2 is 1.93 bits per heavy atom. The molecule has 5 heteroatoms. The number of benzene rings is 2. The number of rotatable bonds is 3. The minimum Gasteiger partial charge on any atom is -0.340 e. The predicted octanol–water partition coefficient (Wildman–Crippen LogP) is 4.29. The molecule has 0 radical (unpaired) electrons. The molecule has 1 amide bonds. The van der Waals surface area contributed by atoms with E-state index >= 15 is 0 Å². The third-order valence-electron chi connectivity index (χ3n) is 4.65. The molecule has 1 aliphatic rings. The van der Waals surface area contributed by atoms with Crippen molar-refractivity contribution in [3.05, 3.63) is 83.6 Å². The Morgan fingerprint density at radius 1 is 1.11 bits per heavy atom. The standard InChI is InChI=1S/C22H18N4O/c23-15-16-7-9-19(10-8-16)25-21-14-18(11-12-24-21)22(27)26-13-3-5-17-4-1-2-6-20(17)26/h1-2,4,6-12,14H,3,5,13H2,(H,24,25). The molecular weight excluding hydrogens is 336 g/mol. The van der Waals surface area contributed by atoms with Crippen molar-refractivity contribution in [2.24, 2.45) is 0 Å². The number of carbonyl (C=O) groups excluding carboxylic acids is 1. The predicted molar refractivity (Wildman–Crippen MR) is 105 cm³/mol. The summed E-state index contributed by atoms with van der Waals surface area (Å²) >= 11 is 0. The number of hydrogen-bond acceptors (Lipinski definition) is 4. The van der Waals surface area contributed by atoms with Gasteiger partial charge in [0.05, 0.1) is 11.6 Å². The zero-order chi connectivity index (χ0) is 18.6. The van der Waals surface area contributed by atoms with Gasteiger partial charge in [0.25, 0.3) is 5.91 Å². The van der Waals surface area contributed by atoms with Gasteiger partial charge in [-0.2, -0.15) is 5.26 Å². The maximum absolute atomic E-state index is 13.1. The number of carbonyl (C=O) groups is 1. The lowest BCUT2D eigenvalue weighted by atomic mass is 10.0. The number of aromatic nitrogens is 1. The van der Waals surface area contributed by atoms with Crippen LogP contribution in [0.1, 0.15) is 27.9 Å². The molecule has 2 heterocycles. The van der Waals surface area contributed by atoms with Crippen molar-refractivity contribution >= 4 is 23.1 Å². The number of pyridine rings is 1. The summed E-state index contributed by atoms with van der Waals surface area (Å²) < 4.78 is 0. The molecule has 0 atom stereocenters. The molecule has 0 unspecified atom stereocenters. The molecule has 0 spiro atoms. The fraction of sp³-hybridized carbons (Fsp3) is 0.136. The van der Waals surface area contributed by atoms with Crippen molar-refractivity contribution < 1.29 is 4.79 Å². The summed E-state index contributed by atoms with van der Waals surface area (Å²) in [4.78, 5) is 19.2. The number of nitrogens with one attached hydrogen (secondary N) is 1. The van der Waals surface area contributed by atoms with E-state index in [-0.39, 0.29) is 5.91 Å². The minimum atomic E-state index is -0.0209. The molecule has 3 aromatic rings. The van der Waals surface area contributed by atoms with Gasteiger partial charge in [0.1, 0.15) is 5.82 Å². The highest BCUT2D eigenvalue weighted by molar-refractivity contribution is 6.07. The smallest absolute Gasteiger partial charge is 0.258 e. The zero-order valence-corrected chi connectivity index (χ0v) is 14.7. The molecule has 132 valence electrons. The van der Waals surface area contributed by atoms with E-state index < -0.39 is 0 Å². The average molecular weight is 354 g/mol. The number of nitriles is 1. The highest BCUT2D eigenvalue weighted by atomic mass is 16.2. The molecule has 1 aliphatic heterocycles. The highest BCUT2D eigenvalue weighted by Crippen LogP contribution is 2.28. The summed E-state index contributed by atoms with van der Waals surface area (Å²) in [7, 11) is 0. The number of fused-ring (bicyclic) bond motifs is 1. The van der Waals surface area contributed by atoms with Gasteiger partial charge in [-0.05, 0) is 60.9 Å². The number of aryl methyl sites for hydroxylation is 1. The lowest BCUT2D eigenvalue weighted by Crippen LogP contribution is -2.35. The Hall–Kier alpha value is -3.65. The van der Waals surface area contributed by atoms with Gasteiger partial charge in [-0.3, -0.25) is 4.79 Å². The Morgan fingerprint density at radius 3 is 2.74 bits per heavy atom. The van der Waals surface area contributed by atoms with Crippen molar-refractivity contribution in [2.75, 3.05) is 16.8 Å². The number of hydrogen-bond donors (Lipinski definition) is 1. The zero-order valence-electron chi connectivity index (χ0n) is 14.7. The monoisotopic (exact) mass is 354 g/mol. The van der Waals surface area contributed by atoms with E-state index in [9.17, 15) is 4.79 Å². The second-order valence-corrected chi connectivity index (χ2v) is 6.43. The van der Waals surface area contributed by atoms with E-state index in [1.807, 2.05) is 35.2 Å². The van der Waals surface area contributed by atoms with Crippen LogP contribution in [0.2, 0.25) is 0 Å². The molecule has 0 bridgehead atoms. The molecule has 0 saturated carbocycles. The Balaban J connectivity index is 1.57. The SMILES string of the molecule is N#Cc1ccc(Nc2cc(C(=O)N3CCCc4ccccc43)ccn2)cc1. The molecule has 5 nitrogen and oxygen atoms in total. The molecule has 0 fully saturated rings. The van der Waals surface area contributed by atoms with Gasteiger partial charge in [0.2, 0.25) is 0 Å². The van der Waals surface area contributed by atoms with Gasteiger partial charge in [-0.15, -0.1) is 0 Å². The second kappa shape index (κ2) is 7.30. The van der Waals surface area contributed by atoms with Crippen LogP contribution in [-0.4, -0.2) is 17.4 Å². The Kier molecular flexibility index (Phi) is 4.54. The Bertz CT molecular complexity index is 1020. The highest BCUT2D eigenvalue weighted by Gasteiger charge is 2.23. The van der Waals surface area contributed by atoms with Gasteiger partial charge < -0.3 is 10.2 Å². The van der Waals surface area contributed by atoms with Crippen LogP contribution >= 0.6 is 0 Å². The first-order chi connectivity index (χ1) is 13.2.